The average Bonchev–Trinajstić information content (AvgIpc) is 3.34. The van der Waals surface area contributed by atoms with Crippen LogP contribution in [0.1, 0.15) is 32.1 Å². The smallest absolute Gasteiger partial charge is 0.228 e. The van der Waals surface area contributed by atoms with Crippen molar-refractivity contribution in [2.75, 3.05) is 32.7 Å². The van der Waals surface area contributed by atoms with Crippen molar-refractivity contribution in [3.8, 4) is 11.4 Å². The third-order valence-electron chi connectivity index (χ3n) is 4.55. The van der Waals surface area contributed by atoms with Crippen molar-refractivity contribution in [2.24, 2.45) is 4.99 Å². The number of nitrogens with one attached hydrogen (secondary N) is 2. The molecule has 0 radical (unpaired) electrons. The van der Waals surface area contributed by atoms with E-state index in [-0.39, 0.29) is 5.91 Å². The van der Waals surface area contributed by atoms with Crippen molar-refractivity contribution >= 4 is 23.5 Å². The van der Waals surface area contributed by atoms with Gasteiger partial charge < -0.3 is 20.1 Å². The number of amides is 1. The maximum Gasteiger partial charge on any atom is 0.228 e. The van der Waals surface area contributed by atoms with Gasteiger partial charge in [-0.15, -0.1) is 0 Å². The number of rotatable bonds is 9. The largest absolute Gasteiger partial charge is 0.357 e. The molecule has 0 atom stereocenters. The summed E-state index contributed by atoms with van der Waals surface area (Å²) >= 11 is 6.01. The first-order chi connectivity index (χ1) is 14.2. The van der Waals surface area contributed by atoms with Gasteiger partial charge in [0, 0.05) is 56.2 Å². The van der Waals surface area contributed by atoms with Gasteiger partial charge in [0.2, 0.25) is 17.6 Å². The van der Waals surface area contributed by atoms with Gasteiger partial charge in [-0.05, 0) is 31.9 Å². The van der Waals surface area contributed by atoms with Gasteiger partial charge in [-0.1, -0.05) is 28.9 Å². The lowest BCUT2D eigenvalue weighted by Gasteiger charge is -2.15. The molecule has 0 bridgehead atoms. The van der Waals surface area contributed by atoms with E-state index in [2.05, 4.69) is 25.8 Å². The van der Waals surface area contributed by atoms with Crippen LogP contribution in [0.2, 0.25) is 5.02 Å². The van der Waals surface area contributed by atoms with Crippen LogP contribution in [-0.2, 0) is 11.2 Å². The molecule has 0 spiro atoms. The summed E-state index contributed by atoms with van der Waals surface area (Å²) in [6.45, 7) is 5.73. The number of carbonyl (C=O) groups excluding carboxylic acids is 1. The van der Waals surface area contributed by atoms with Gasteiger partial charge in [-0.3, -0.25) is 9.79 Å². The van der Waals surface area contributed by atoms with Gasteiger partial charge in [0.1, 0.15) is 0 Å². The highest BCUT2D eigenvalue weighted by atomic mass is 35.5. The van der Waals surface area contributed by atoms with Crippen LogP contribution in [-0.4, -0.2) is 59.6 Å². The molecule has 1 aliphatic rings. The molecule has 2 aromatic rings. The summed E-state index contributed by atoms with van der Waals surface area (Å²) in [7, 11) is 0. The molecule has 1 saturated heterocycles. The second-order valence-corrected chi connectivity index (χ2v) is 7.23. The number of carbonyl (C=O) groups is 1. The molecule has 0 unspecified atom stereocenters. The first-order valence-corrected chi connectivity index (χ1v) is 10.4. The van der Waals surface area contributed by atoms with E-state index in [1.165, 1.54) is 0 Å². The number of benzene rings is 1. The van der Waals surface area contributed by atoms with Gasteiger partial charge in [0.25, 0.3) is 0 Å². The number of nitrogens with zero attached hydrogens (tertiary/aromatic N) is 4. The van der Waals surface area contributed by atoms with E-state index in [4.69, 9.17) is 16.1 Å². The lowest BCUT2D eigenvalue weighted by molar-refractivity contribution is -0.127. The van der Waals surface area contributed by atoms with Crippen LogP contribution in [0.4, 0.5) is 0 Å². The molecule has 1 fully saturated rings. The Labute approximate surface area is 175 Å². The Morgan fingerprint density at radius 1 is 1.38 bits per heavy atom. The summed E-state index contributed by atoms with van der Waals surface area (Å²) in [5.41, 5.74) is 0.826. The van der Waals surface area contributed by atoms with Crippen molar-refractivity contribution in [1.29, 1.82) is 0 Å². The van der Waals surface area contributed by atoms with Crippen molar-refractivity contribution in [1.82, 2.24) is 25.7 Å². The Bertz CT molecular complexity index is 838. The van der Waals surface area contributed by atoms with Crippen molar-refractivity contribution in [3.63, 3.8) is 0 Å². The zero-order chi connectivity index (χ0) is 20.5. The molecular formula is C20H27ClN6O2. The maximum atomic E-state index is 11.6. The zero-order valence-corrected chi connectivity index (χ0v) is 17.4. The lowest BCUT2D eigenvalue weighted by atomic mass is 10.2. The fraction of sp³-hybridized carbons (Fsp3) is 0.500. The van der Waals surface area contributed by atoms with Gasteiger partial charge >= 0.3 is 0 Å². The van der Waals surface area contributed by atoms with E-state index in [0.29, 0.717) is 42.7 Å². The molecule has 156 valence electrons. The van der Waals surface area contributed by atoms with E-state index < -0.39 is 0 Å². The molecule has 1 aromatic heterocycles. The van der Waals surface area contributed by atoms with E-state index in [0.717, 1.165) is 44.0 Å². The Hall–Kier alpha value is -2.61. The average molecular weight is 419 g/mol. The van der Waals surface area contributed by atoms with E-state index >= 15 is 0 Å². The Morgan fingerprint density at radius 2 is 2.28 bits per heavy atom. The summed E-state index contributed by atoms with van der Waals surface area (Å²) < 4.78 is 5.32. The molecule has 2 N–H and O–H groups in total. The molecule has 0 saturated carbocycles. The van der Waals surface area contributed by atoms with Crippen LogP contribution >= 0.6 is 11.6 Å². The number of hydrogen-bond donors (Lipinski definition) is 2. The molecule has 1 aromatic carbocycles. The summed E-state index contributed by atoms with van der Waals surface area (Å²) in [5.74, 6) is 2.08. The lowest BCUT2D eigenvalue weighted by Crippen LogP contribution is -2.38. The molecule has 3 rings (SSSR count). The SMILES string of the molecule is CCNC(=NCCCN1CCCC1=O)NCCc1nc(-c2cccc(Cl)c2)no1. The van der Waals surface area contributed by atoms with Crippen LogP contribution in [0.3, 0.4) is 0 Å². The summed E-state index contributed by atoms with van der Waals surface area (Å²) in [6.07, 6.45) is 3.10. The van der Waals surface area contributed by atoms with Crippen LogP contribution in [0.15, 0.2) is 33.8 Å². The minimum atomic E-state index is 0.260. The van der Waals surface area contributed by atoms with Crippen molar-refractivity contribution in [2.45, 2.75) is 32.6 Å². The van der Waals surface area contributed by atoms with Gasteiger partial charge in [0.15, 0.2) is 5.96 Å². The molecule has 8 nitrogen and oxygen atoms in total. The topological polar surface area (TPSA) is 95.7 Å². The number of aliphatic imine (C=N–C) groups is 1. The molecular weight excluding hydrogens is 392 g/mol. The summed E-state index contributed by atoms with van der Waals surface area (Å²) in [5, 5.41) is 11.1. The minimum absolute atomic E-state index is 0.260. The molecule has 9 heteroatoms. The van der Waals surface area contributed by atoms with Crippen LogP contribution in [0.25, 0.3) is 11.4 Å². The highest BCUT2D eigenvalue weighted by molar-refractivity contribution is 6.30. The summed E-state index contributed by atoms with van der Waals surface area (Å²) in [6, 6.07) is 7.36. The van der Waals surface area contributed by atoms with Crippen LogP contribution in [0, 0.1) is 0 Å². The molecule has 29 heavy (non-hydrogen) atoms. The predicted molar refractivity (Wildman–Crippen MR) is 113 cm³/mol. The second kappa shape index (κ2) is 10.8. The normalized spacial score (nSPS) is 14.5. The third-order valence-corrected chi connectivity index (χ3v) is 4.79. The van der Waals surface area contributed by atoms with Gasteiger partial charge in [0.05, 0.1) is 0 Å². The molecule has 1 aliphatic heterocycles. The van der Waals surface area contributed by atoms with Crippen LogP contribution < -0.4 is 10.6 Å². The number of likely N-dealkylation sites (tertiary alicyclic amines) is 1. The van der Waals surface area contributed by atoms with Crippen molar-refractivity contribution < 1.29 is 9.32 Å². The fourth-order valence-electron chi connectivity index (χ4n) is 3.12. The number of halogens is 1. The number of aromatic nitrogens is 2. The Balaban J connectivity index is 1.43. The van der Waals surface area contributed by atoms with E-state index in [1.54, 1.807) is 12.1 Å². The first-order valence-electron chi connectivity index (χ1n) is 10.0. The standard InChI is InChI=1S/C20H27ClN6O2/c1-2-22-20(23-10-5-13-27-12-4-8-18(27)28)24-11-9-17-25-19(26-29-17)15-6-3-7-16(21)14-15/h3,6-7,14H,2,4-5,8-13H2,1H3,(H2,22,23,24). The predicted octanol–water partition coefficient (Wildman–Crippen LogP) is 2.50. The Kier molecular flexibility index (Phi) is 7.86. The Morgan fingerprint density at radius 3 is 3.03 bits per heavy atom. The van der Waals surface area contributed by atoms with Crippen molar-refractivity contribution in [3.05, 3.63) is 35.2 Å². The summed E-state index contributed by atoms with van der Waals surface area (Å²) in [4.78, 5) is 22.5. The molecule has 2 heterocycles. The fourth-order valence-corrected chi connectivity index (χ4v) is 3.31. The third kappa shape index (κ3) is 6.45. The number of guanidine groups is 1. The van der Waals surface area contributed by atoms with Gasteiger partial charge in [-0.2, -0.15) is 4.98 Å². The maximum absolute atomic E-state index is 11.6. The van der Waals surface area contributed by atoms with E-state index in [1.807, 2.05) is 24.0 Å². The van der Waals surface area contributed by atoms with Gasteiger partial charge in [-0.25, -0.2) is 0 Å². The van der Waals surface area contributed by atoms with Crippen LogP contribution in [0.5, 0.6) is 0 Å². The minimum Gasteiger partial charge on any atom is -0.357 e. The molecule has 0 aliphatic carbocycles. The highest BCUT2D eigenvalue weighted by Gasteiger charge is 2.18. The number of hydrogen-bond acceptors (Lipinski definition) is 5. The second-order valence-electron chi connectivity index (χ2n) is 6.80. The molecule has 1 amide bonds. The van der Waals surface area contributed by atoms with E-state index in [9.17, 15) is 4.79 Å². The monoisotopic (exact) mass is 418 g/mol. The quantitative estimate of drug-likeness (QED) is 0.369. The zero-order valence-electron chi connectivity index (χ0n) is 16.7. The highest BCUT2D eigenvalue weighted by Crippen LogP contribution is 2.19. The first kappa shape index (κ1) is 21.1.